The van der Waals surface area contributed by atoms with Crippen LogP contribution < -0.4 is 24.4 Å². The molecule has 0 aliphatic carbocycles. The van der Waals surface area contributed by atoms with Crippen molar-refractivity contribution in [3.8, 4) is 17.2 Å². The summed E-state index contributed by atoms with van der Waals surface area (Å²) in [6.45, 7) is 0.856. The van der Waals surface area contributed by atoms with Crippen LogP contribution >= 0.6 is 0 Å². The number of hydrogen-bond donors (Lipinski definition) is 1. The number of anilines is 2. The summed E-state index contributed by atoms with van der Waals surface area (Å²) in [4.78, 5) is 27.1. The van der Waals surface area contributed by atoms with Gasteiger partial charge < -0.3 is 24.4 Å². The van der Waals surface area contributed by atoms with E-state index >= 15 is 0 Å². The molecule has 172 valence electrons. The Kier molecular flexibility index (Phi) is 6.48. The van der Waals surface area contributed by atoms with Crippen molar-refractivity contribution in [1.82, 2.24) is 9.78 Å². The first kappa shape index (κ1) is 22.2. The molecule has 3 aromatic rings. The number of aromatic nitrogens is 2. The van der Waals surface area contributed by atoms with Gasteiger partial charge in [-0.25, -0.2) is 0 Å². The van der Waals surface area contributed by atoms with Crippen LogP contribution in [0.3, 0.4) is 0 Å². The highest BCUT2D eigenvalue weighted by molar-refractivity contribution is 6.03. The van der Waals surface area contributed by atoms with E-state index < -0.39 is 5.92 Å². The van der Waals surface area contributed by atoms with E-state index in [1.165, 1.54) is 21.3 Å². The number of carbonyl (C=O) groups excluding carboxylic acids is 2. The highest BCUT2D eigenvalue weighted by Crippen LogP contribution is 2.42. The van der Waals surface area contributed by atoms with E-state index in [0.717, 1.165) is 5.56 Å². The molecular weight excluding hydrogens is 424 g/mol. The molecule has 0 radical (unpaired) electrons. The minimum Gasteiger partial charge on any atom is -0.493 e. The van der Waals surface area contributed by atoms with Crippen molar-refractivity contribution in [2.75, 3.05) is 38.1 Å². The van der Waals surface area contributed by atoms with E-state index in [0.29, 0.717) is 35.2 Å². The van der Waals surface area contributed by atoms with Gasteiger partial charge in [0.05, 0.1) is 51.4 Å². The molecule has 1 N–H and O–H groups in total. The lowest BCUT2D eigenvalue weighted by atomic mass is 10.1. The molecule has 9 heteroatoms. The van der Waals surface area contributed by atoms with Crippen LogP contribution in [0.2, 0.25) is 0 Å². The predicted octanol–water partition coefficient (Wildman–Crippen LogP) is 2.95. The van der Waals surface area contributed by atoms with Crippen LogP contribution in [-0.4, -0.2) is 49.5 Å². The molecule has 33 heavy (non-hydrogen) atoms. The number of carbonyl (C=O) groups is 2. The molecule has 2 amide bonds. The van der Waals surface area contributed by atoms with Gasteiger partial charge in [0.25, 0.3) is 0 Å². The summed E-state index contributed by atoms with van der Waals surface area (Å²) in [7, 11) is 4.55. The van der Waals surface area contributed by atoms with Crippen molar-refractivity contribution in [1.29, 1.82) is 0 Å². The molecule has 1 aliphatic rings. The first-order chi connectivity index (χ1) is 16.0. The third kappa shape index (κ3) is 4.77. The maximum absolute atomic E-state index is 12.9. The number of nitrogens with one attached hydrogen (secondary N) is 1. The average Bonchev–Trinajstić information content (AvgIpc) is 3.44. The van der Waals surface area contributed by atoms with Crippen LogP contribution in [0.25, 0.3) is 0 Å². The van der Waals surface area contributed by atoms with Crippen molar-refractivity contribution in [2.45, 2.75) is 13.0 Å². The topological polar surface area (TPSA) is 94.9 Å². The van der Waals surface area contributed by atoms with Crippen molar-refractivity contribution in [3.63, 3.8) is 0 Å². The van der Waals surface area contributed by atoms with Gasteiger partial charge in [-0.1, -0.05) is 30.3 Å². The molecule has 2 aromatic carbocycles. The molecule has 0 spiro atoms. The van der Waals surface area contributed by atoms with E-state index in [9.17, 15) is 9.59 Å². The van der Waals surface area contributed by atoms with Gasteiger partial charge in [-0.2, -0.15) is 5.10 Å². The Bertz CT molecular complexity index is 1120. The van der Waals surface area contributed by atoms with Gasteiger partial charge in [-0.05, 0) is 5.56 Å². The third-order valence-corrected chi connectivity index (χ3v) is 5.55. The Hall–Kier alpha value is -4.01. The summed E-state index contributed by atoms with van der Waals surface area (Å²) < 4.78 is 17.9. The van der Waals surface area contributed by atoms with Crippen LogP contribution in [0.5, 0.6) is 17.2 Å². The second-order valence-electron chi connectivity index (χ2n) is 7.69. The minimum atomic E-state index is -0.492. The first-order valence-corrected chi connectivity index (χ1v) is 10.5. The Labute approximate surface area is 191 Å². The predicted molar refractivity (Wildman–Crippen MR) is 123 cm³/mol. The molecule has 1 aliphatic heterocycles. The maximum Gasteiger partial charge on any atom is 0.229 e. The van der Waals surface area contributed by atoms with E-state index in [1.54, 1.807) is 34.1 Å². The molecular formula is C24H26N4O5. The molecule has 1 fully saturated rings. The fraction of sp³-hybridized carbons (Fsp3) is 0.292. The molecule has 1 aromatic heterocycles. The van der Waals surface area contributed by atoms with Crippen LogP contribution in [0.4, 0.5) is 11.4 Å². The summed E-state index contributed by atoms with van der Waals surface area (Å²) in [6.07, 6.45) is 3.49. The van der Waals surface area contributed by atoms with E-state index in [-0.39, 0.29) is 24.8 Å². The molecule has 1 atom stereocenters. The second-order valence-corrected chi connectivity index (χ2v) is 7.69. The van der Waals surface area contributed by atoms with E-state index in [2.05, 4.69) is 10.4 Å². The Morgan fingerprint density at radius 3 is 2.42 bits per heavy atom. The van der Waals surface area contributed by atoms with Crippen molar-refractivity contribution < 1.29 is 23.8 Å². The van der Waals surface area contributed by atoms with E-state index in [1.807, 2.05) is 30.3 Å². The quantitative estimate of drug-likeness (QED) is 0.567. The van der Waals surface area contributed by atoms with Crippen molar-refractivity contribution >= 4 is 23.2 Å². The lowest BCUT2D eigenvalue weighted by Gasteiger charge is -2.20. The van der Waals surface area contributed by atoms with Gasteiger partial charge >= 0.3 is 0 Å². The molecule has 2 heterocycles. The number of hydrogen-bond acceptors (Lipinski definition) is 6. The fourth-order valence-electron chi connectivity index (χ4n) is 3.89. The molecule has 1 unspecified atom stereocenters. The highest BCUT2D eigenvalue weighted by Gasteiger charge is 2.36. The van der Waals surface area contributed by atoms with E-state index in [4.69, 9.17) is 14.2 Å². The smallest absolute Gasteiger partial charge is 0.229 e. The summed E-state index contributed by atoms with van der Waals surface area (Å²) in [5.41, 5.74) is 2.29. The lowest BCUT2D eigenvalue weighted by Crippen LogP contribution is -2.28. The standard InChI is InChI=1S/C24H26N4O5/c1-31-20-10-19(11-21(32-2)23(20)33-3)28-14-17(9-22(28)29)24(30)26-18-12-25-27(15-18)13-16-7-5-4-6-8-16/h4-8,10-12,15,17H,9,13-14H2,1-3H3,(H,26,30). The van der Waals surface area contributed by atoms with Gasteiger partial charge in [0, 0.05) is 31.3 Å². The summed E-state index contributed by atoms with van der Waals surface area (Å²) >= 11 is 0. The van der Waals surface area contributed by atoms with Crippen LogP contribution in [0, 0.1) is 5.92 Å². The first-order valence-electron chi connectivity index (χ1n) is 10.5. The largest absolute Gasteiger partial charge is 0.493 e. The Morgan fingerprint density at radius 1 is 1.09 bits per heavy atom. The SMILES string of the molecule is COc1cc(N2CC(C(=O)Nc3cnn(Cc4ccccc4)c3)CC2=O)cc(OC)c1OC. The van der Waals surface area contributed by atoms with Gasteiger partial charge in [0.2, 0.25) is 17.6 Å². The number of rotatable bonds is 8. The minimum absolute atomic E-state index is 0.112. The third-order valence-electron chi connectivity index (χ3n) is 5.55. The molecule has 9 nitrogen and oxygen atoms in total. The Balaban J connectivity index is 1.44. The van der Waals surface area contributed by atoms with Crippen LogP contribution in [0.15, 0.2) is 54.9 Å². The molecule has 0 bridgehead atoms. The highest BCUT2D eigenvalue weighted by atomic mass is 16.5. The summed E-state index contributed by atoms with van der Waals surface area (Å²) in [5, 5.41) is 7.18. The number of benzene rings is 2. The van der Waals surface area contributed by atoms with Crippen LogP contribution in [-0.2, 0) is 16.1 Å². The normalized spacial score (nSPS) is 15.4. The number of amides is 2. The maximum atomic E-state index is 12.9. The fourth-order valence-corrected chi connectivity index (χ4v) is 3.89. The second kappa shape index (κ2) is 9.64. The number of nitrogens with zero attached hydrogens (tertiary/aromatic N) is 3. The monoisotopic (exact) mass is 450 g/mol. The van der Waals surface area contributed by atoms with Gasteiger partial charge in [-0.15, -0.1) is 0 Å². The molecule has 0 saturated carbocycles. The zero-order chi connectivity index (χ0) is 23.4. The van der Waals surface area contributed by atoms with Crippen LogP contribution in [0.1, 0.15) is 12.0 Å². The van der Waals surface area contributed by atoms with Crippen molar-refractivity contribution in [3.05, 3.63) is 60.4 Å². The van der Waals surface area contributed by atoms with Crippen molar-refractivity contribution in [2.24, 2.45) is 5.92 Å². The van der Waals surface area contributed by atoms with Gasteiger partial charge in [0.1, 0.15) is 0 Å². The zero-order valence-corrected chi connectivity index (χ0v) is 18.8. The summed E-state index contributed by atoms with van der Waals surface area (Å²) in [6, 6.07) is 13.3. The number of methoxy groups -OCH3 is 3. The van der Waals surface area contributed by atoms with Gasteiger partial charge in [0.15, 0.2) is 11.5 Å². The molecule has 4 rings (SSSR count). The molecule has 1 saturated heterocycles. The Morgan fingerprint density at radius 2 is 1.79 bits per heavy atom. The lowest BCUT2D eigenvalue weighted by molar-refractivity contribution is -0.122. The van der Waals surface area contributed by atoms with Gasteiger partial charge in [-0.3, -0.25) is 14.3 Å². The average molecular weight is 450 g/mol. The zero-order valence-electron chi connectivity index (χ0n) is 18.8. The number of ether oxygens (including phenoxy) is 3. The summed E-state index contributed by atoms with van der Waals surface area (Å²) in [5.74, 6) is 0.463.